The molecule has 0 aromatic carbocycles. The zero-order valence-electron chi connectivity index (χ0n) is 12.2. The number of hydrogen-bond acceptors (Lipinski definition) is 4. The first-order valence-electron chi connectivity index (χ1n) is 6.19. The van der Waals surface area contributed by atoms with Crippen LogP contribution in [0.25, 0.3) is 0 Å². The van der Waals surface area contributed by atoms with Gasteiger partial charge < -0.3 is 9.47 Å². The van der Waals surface area contributed by atoms with Gasteiger partial charge in [0.25, 0.3) is 0 Å². The summed E-state index contributed by atoms with van der Waals surface area (Å²) in [7, 11) is 0. The summed E-state index contributed by atoms with van der Waals surface area (Å²) in [4.78, 5) is 12.0. The molecule has 1 atom stereocenters. The summed E-state index contributed by atoms with van der Waals surface area (Å²) in [6.45, 7) is 14.2. The predicted molar refractivity (Wildman–Crippen MR) is 69.0 cm³/mol. The molecule has 1 unspecified atom stereocenters. The topological polar surface area (TPSA) is 47.6 Å². The molecule has 0 aliphatic heterocycles. The zero-order chi connectivity index (χ0) is 13.7. The summed E-state index contributed by atoms with van der Waals surface area (Å²) in [5, 5.41) is 3.21. The van der Waals surface area contributed by atoms with Gasteiger partial charge in [-0.1, -0.05) is 0 Å². The molecular formula is C13H27NO3. The van der Waals surface area contributed by atoms with Gasteiger partial charge in [0.15, 0.2) is 0 Å². The molecule has 0 aliphatic rings. The van der Waals surface area contributed by atoms with Crippen LogP contribution in [0.5, 0.6) is 0 Å². The third kappa shape index (κ3) is 6.64. The Balaban J connectivity index is 4.66. The quantitative estimate of drug-likeness (QED) is 0.728. The predicted octanol–water partition coefficient (Wildman–Crippen LogP) is 2.12. The van der Waals surface area contributed by atoms with E-state index >= 15 is 0 Å². The maximum atomic E-state index is 12.0. The molecule has 4 nitrogen and oxygen atoms in total. The van der Waals surface area contributed by atoms with Crippen LogP contribution < -0.4 is 5.32 Å². The van der Waals surface area contributed by atoms with Crippen molar-refractivity contribution in [3.05, 3.63) is 0 Å². The lowest BCUT2D eigenvalue weighted by molar-refractivity contribution is -0.156. The molecule has 0 aliphatic carbocycles. The van der Waals surface area contributed by atoms with E-state index in [4.69, 9.17) is 9.47 Å². The van der Waals surface area contributed by atoms with E-state index in [-0.39, 0.29) is 17.6 Å². The minimum atomic E-state index is -0.794. The molecule has 0 rings (SSSR count). The van der Waals surface area contributed by atoms with Crippen molar-refractivity contribution >= 4 is 5.97 Å². The lowest BCUT2D eigenvalue weighted by Crippen LogP contribution is -2.57. The van der Waals surface area contributed by atoms with Crippen LogP contribution in [0.15, 0.2) is 0 Å². The Morgan fingerprint density at radius 2 is 1.76 bits per heavy atom. The van der Waals surface area contributed by atoms with Gasteiger partial charge in [-0.2, -0.15) is 0 Å². The summed E-state index contributed by atoms with van der Waals surface area (Å²) < 4.78 is 10.8. The Morgan fingerprint density at radius 1 is 1.24 bits per heavy atom. The van der Waals surface area contributed by atoms with Gasteiger partial charge in [0.1, 0.15) is 5.54 Å². The summed E-state index contributed by atoms with van der Waals surface area (Å²) >= 11 is 0. The summed E-state index contributed by atoms with van der Waals surface area (Å²) in [6, 6.07) is 0.188. The van der Waals surface area contributed by atoms with Crippen LogP contribution in [-0.2, 0) is 14.3 Å². The smallest absolute Gasteiger partial charge is 0.328 e. The van der Waals surface area contributed by atoms with Gasteiger partial charge in [-0.3, -0.25) is 5.32 Å². The van der Waals surface area contributed by atoms with E-state index < -0.39 is 5.54 Å². The second-order valence-electron chi connectivity index (χ2n) is 5.75. The van der Waals surface area contributed by atoms with Crippen molar-refractivity contribution in [3.8, 4) is 0 Å². The van der Waals surface area contributed by atoms with Crippen LogP contribution in [0.2, 0.25) is 0 Å². The number of carbonyl (C=O) groups is 1. The van der Waals surface area contributed by atoms with Gasteiger partial charge in [0, 0.05) is 6.04 Å². The maximum absolute atomic E-state index is 12.0. The van der Waals surface area contributed by atoms with Crippen molar-refractivity contribution in [1.82, 2.24) is 5.32 Å². The lowest BCUT2D eigenvalue weighted by atomic mass is 10.0. The fourth-order valence-corrected chi connectivity index (χ4v) is 1.45. The fraction of sp³-hybridized carbons (Fsp3) is 0.923. The molecule has 0 radical (unpaired) electrons. The average molecular weight is 245 g/mol. The number of ether oxygens (including phenoxy) is 2. The van der Waals surface area contributed by atoms with E-state index in [0.717, 1.165) is 0 Å². The lowest BCUT2D eigenvalue weighted by Gasteiger charge is -2.33. The molecule has 0 saturated heterocycles. The maximum Gasteiger partial charge on any atom is 0.328 e. The zero-order valence-corrected chi connectivity index (χ0v) is 12.2. The van der Waals surface area contributed by atoms with Crippen LogP contribution in [0.3, 0.4) is 0 Å². The molecule has 0 spiro atoms. The monoisotopic (exact) mass is 245 g/mol. The van der Waals surface area contributed by atoms with Crippen molar-refractivity contribution in [1.29, 1.82) is 0 Å². The first kappa shape index (κ1) is 16.4. The van der Waals surface area contributed by atoms with Gasteiger partial charge in [-0.15, -0.1) is 0 Å². The molecule has 0 saturated carbocycles. The Kier molecular flexibility index (Phi) is 6.13. The van der Waals surface area contributed by atoms with Crippen LogP contribution in [-0.4, -0.2) is 36.4 Å². The second kappa shape index (κ2) is 6.36. The highest BCUT2D eigenvalue weighted by atomic mass is 16.5. The molecule has 0 heterocycles. The molecule has 0 bridgehead atoms. The number of hydrogen-bond donors (Lipinski definition) is 1. The Bertz CT molecular complexity index is 246. The van der Waals surface area contributed by atoms with Crippen LogP contribution >= 0.6 is 0 Å². The SMILES string of the molecule is CCOC(=O)C(C)(COC(C)(C)C)NC(C)C. The molecular weight excluding hydrogens is 218 g/mol. The van der Waals surface area contributed by atoms with E-state index in [9.17, 15) is 4.79 Å². The van der Waals surface area contributed by atoms with Crippen molar-refractivity contribution in [2.24, 2.45) is 0 Å². The van der Waals surface area contributed by atoms with Gasteiger partial charge >= 0.3 is 5.97 Å². The normalized spacial score (nSPS) is 15.8. The molecule has 0 aromatic rings. The number of nitrogens with one attached hydrogen (secondary N) is 1. The first-order chi connectivity index (χ1) is 7.60. The van der Waals surface area contributed by atoms with Gasteiger partial charge in [-0.05, 0) is 48.5 Å². The van der Waals surface area contributed by atoms with E-state index in [1.807, 2.05) is 41.5 Å². The van der Waals surface area contributed by atoms with Crippen molar-refractivity contribution in [3.63, 3.8) is 0 Å². The highest BCUT2D eigenvalue weighted by Crippen LogP contribution is 2.15. The van der Waals surface area contributed by atoms with Crippen LogP contribution in [0, 0.1) is 0 Å². The van der Waals surface area contributed by atoms with E-state index in [2.05, 4.69) is 5.32 Å². The van der Waals surface area contributed by atoms with Crippen LogP contribution in [0.4, 0.5) is 0 Å². The molecule has 0 amide bonds. The van der Waals surface area contributed by atoms with Gasteiger partial charge in [0.2, 0.25) is 0 Å². The van der Waals surface area contributed by atoms with E-state index in [1.54, 1.807) is 6.92 Å². The highest BCUT2D eigenvalue weighted by molar-refractivity contribution is 5.80. The Labute approximate surface area is 105 Å². The van der Waals surface area contributed by atoms with Crippen molar-refractivity contribution < 1.29 is 14.3 Å². The van der Waals surface area contributed by atoms with Gasteiger partial charge in [0.05, 0.1) is 18.8 Å². The average Bonchev–Trinajstić information content (AvgIpc) is 2.13. The largest absolute Gasteiger partial charge is 0.465 e. The minimum Gasteiger partial charge on any atom is -0.465 e. The standard InChI is InChI=1S/C13H27NO3/c1-8-16-11(15)13(7,14-10(2)3)9-17-12(4,5)6/h10,14H,8-9H2,1-7H3. The van der Waals surface area contributed by atoms with Crippen molar-refractivity contribution in [2.75, 3.05) is 13.2 Å². The summed E-state index contributed by atoms with van der Waals surface area (Å²) in [6.07, 6.45) is 0. The highest BCUT2D eigenvalue weighted by Gasteiger charge is 2.36. The van der Waals surface area contributed by atoms with E-state index in [0.29, 0.717) is 13.2 Å². The third-order valence-electron chi connectivity index (χ3n) is 2.13. The van der Waals surface area contributed by atoms with Gasteiger partial charge in [-0.25, -0.2) is 4.79 Å². The summed E-state index contributed by atoms with van der Waals surface area (Å²) in [5.41, 5.74) is -1.07. The Hall–Kier alpha value is -0.610. The number of rotatable bonds is 6. The minimum absolute atomic E-state index is 0.188. The van der Waals surface area contributed by atoms with Crippen LogP contribution in [0.1, 0.15) is 48.5 Å². The second-order valence-corrected chi connectivity index (χ2v) is 5.75. The Morgan fingerprint density at radius 3 is 2.12 bits per heavy atom. The molecule has 17 heavy (non-hydrogen) atoms. The summed E-state index contributed by atoms with van der Waals surface area (Å²) in [5.74, 6) is -0.266. The fourth-order valence-electron chi connectivity index (χ4n) is 1.45. The first-order valence-corrected chi connectivity index (χ1v) is 6.19. The van der Waals surface area contributed by atoms with E-state index in [1.165, 1.54) is 0 Å². The molecule has 4 heteroatoms. The number of carbonyl (C=O) groups excluding carboxylic acids is 1. The number of esters is 1. The molecule has 1 N–H and O–H groups in total. The third-order valence-corrected chi connectivity index (χ3v) is 2.13. The molecule has 102 valence electrons. The molecule has 0 fully saturated rings. The molecule has 0 aromatic heterocycles. The van der Waals surface area contributed by atoms with Crippen molar-refractivity contribution in [2.45, 2.75) is 65.6 Å².